The van der Waals surface area contributed by atoms with E-state index in [4.69, 9.17) is 4.74 Å². The van der Waals surface area contributed by atoms with Gasteiger partial charge in [0.05, 0.1) is 6.61 Å². The summed E-state index contributed by atoms with van der Waals surface area (Å²) in [7, 11) is 1.66. The van der Waals surface area contributed by atoms with Gasteiger partial charge < -0.3 is 20.1 Å². The monoisotopic (exact) mass is 406 g/mol. The average Bonchev–Trinajstić information content (AvgIpc) is 2.70. The van der Waals surface area contributed by atoms with Gasteiger partial charge in [0.15, 0.2) is 5.96 Å². The fraction of sp³-hybridized carbons (Fsp3) is 0.429. The molecule has 0 unspecified atom stereocenters. The van der Waals surface area contributed by atoms with E-state index >= 15 is 0 Å². The summed E-state index contributed by atoms with van der Waals surface area (Å²) in [5.41, 5.74) is 2.93. The van der Waals surface area contributed by atoms with E-state index in [1.165, 1.54) is 11.6 Å². The summed E-state index contributed by atoms with van der Waals surface area (Å²) in [6.07, 6.45) is 5.25. The predicted octanol–water partition coefficient (Wildman–Crippen LogP) is 3.69. The maximum absolute atomic E-state index is 12.8. The number of nitrogens with one attached hydrogen (secondary N) is 2. The SMILES string of the molecule is CCCOc1ccc(CNC(=NC)NCCc2ccncc2C)c(OC(F)F)c1. The van der Waals surface area contributed by atoms with Gasteiger partial charge in [-0.2, -0.15) is 8.78 Å². The van der Waals surface area contributed by atoms with Crippen LogP contribution in [0.15, 0.2) is 41.7 Å². The van der Waals surface area contributed by atoms with Gasteiger partial charge >= 0.3 is 6.61 Å². The largest absolute Gasteiger partial charge is 0.493 e. The summed E-state index contributed by atoms with van der Waals surface area (Å²) in [5, 5.41) is 6.34. The zero-order chi connectivity index (χ0) is 21.1. The number of nitrogens with zero attached hydrogens (tertiary/aromatic N) is 2. The number of alkyl halides is 2. The van der Waals surface area contributed by atoms with Crippen molar-refractivity contribution in [3.63, 3.8) is 0 Å². The number of aliphatic imine (C=N–C) groups is 1. The van der Waals surface area contributed by atoms with Crippen molar-refractivity contribution in [3.05, 3.63) is 53.3 Å². The number of aromatic nitrogens is 1. The lowest BCUT2D eigenvalue weighted by atomic mass is 10.1. The van der Waals surface area contributed by atoms with Crippen molar-refractivity contribution in [1.29, 1.82) is 0 Å². The first-order chi connectivity index (χ1) is 14.0. The molecule has 1 aromatic heterocycles. The Bertz CT molecular complexity index is 800. The van der Waals surface area contributed by atoms with Gasteiger partial charge in [-0.3, -0.25) is 9.98 Å². The molecule has 0 aliphatic heterocycles. The van der Waals surface area contributed by atoms with Crippen LogP contribution < -0.4 is 20.1 Å². The molecule has 0 atom stereocenters. The molecule has 2 aromatic rings. The Morgan fingerprint density at radius 2 is 2.03 bits per heavy atom. The first-order valence-electron chi connectivity index (χ1n) is 9.58. The highest BCUT2D eigenvalue weighted by Gasteiger charge is 2.12. The molecule has 6 nitrogen and oxygen atoms in total. The fourth-order valence-electron chi connectivity index (χ4n) is 2.69. The Kier molecular flexibility index (Phi) is 9.14. The second kappa shape index (κ2) is 11.8. The molecule has 1 aromatic carbocycles. The molecule has 8 heteroatoms. The summed E-state index contributed by atoms with van der Waals surface area (Å²) in [5.74, 6) is 1.16. The maximum atomic E-state index is 12.8. The van der Waals surface area contributed by atoms with Crippen LogP contribution in [-0.2, 0) is 13.0 Å². The van der Waals surface area contributed by atoms with Gasteiger partial charge in [0, 0.05) is 44.2 Å². The highest BCUT2D eigenvalue weighted by Crippen LogP contribution is 2.26. The Hall–Kier alpha value is -2.90. The number of halogens is 2. The molecule has 1 heterocycles. The van der Waals surface area contributed by atoms with Gasteiger partial charge in [-0.1, -0.05) is 6.92 Å². The van der Waals surface area contributed by atoms with Crippen molar-refractivity contribution < 1.29 is 18.3 Å². The Morgan fingerprint density at radius 1 is 1.21 bits per heavy atom. The van der Waals surface area contributed by atoms with Crippen molar-refractivity contribution >= 4 is 5.96 Å². The summed E-state index contributed by atoms with van der Waals surface area (Å²) >= 11 is 0. The predicted molar refractivity (Wildman–Crippen MR) is 110 cm³/mol. The highest BCUT2D eigenvalue weighted by molar-refractivity contribution is 5.79. The highest BCUT2D eigenvalue weighted by atomic mass is 19.3. The molecular formula is C21H28F2N4O2. The normalized spacial score (nSPS) is 11.4. The zero-order valence-electron chi connectivity index (χ0n) is 17.0. The summed E-state index contributed by atoms with van der Waals surface area (Å²) in [6, 6.07) is 6.93. The van der Waals surface area contributed by atoms with Crippen molar-refractivity contribution in [2.24, 2.45) is 4.99 Å². The average molecular weight is 406 g/mol. The van der Waals surface area contributed by atoms with E-state index in [0.29, 0.717) is 30.4 Å². The zero-order valence-corrected chi connectivity index (χ0v) is 17.0. The number of ether oxygens (including phenoxy) is 2. The van der Waals surface area contributed by atoms with Crippen LogP contribution in [0.2, 0.25) is 0 Å². The fourth-order valence-corrected chi connectivity index (χ4v) is 2.69. The molecule has 0 aliphatic rings. The van der Waals surface area contributed by atoms with Gasteiger partial charge in [0.25, 0.3) is 0 Å². The van der Waals surface area contributed by atoms with E-state index in [1.54, 1.807) is 25.4 Å². The second-order valence-electron chi connectivity index (χ2n) is 6.40. The number of aryl methyl sites for hydroxylation is 1. The summed E-state index contributed by atoms with van der Waals surface area (Å²) < 4.78 is 35.7. The Morgan fingerprint density at radius 3 is 2.72 bits per heavy atom. The quantitative estimate of drug-likeness (QED) is 0.465. The molecule has 0 aliphatic carbocycles. The Balaban J connectivity index is 1.94. The molecule has 0 fully saturated rings. The minimum absolute atomic E-state index is 0.0870. The lowest BCUT2D eigenvalue weighted by Crippen LogP contribution is -2.38. The van der Waals surface area contributed by atoms with Gasteiger partial charge in [-0.05, 0) is 49.1 Å². The first-order valence-corrected chi connectivity index (χ1v) is 9.58. The topological polar surface area (TPSA) is 67.8 Å². The number of hydrogen-bond acceptors (Lipinski definition) is 4. The molecule has 2 N–H and O–H groups in total. The third-order valence-corrected chi connectivity index (χ3v) is 4.22. The molecule has 2 rings (SSSR count). The van der Waals surface area contributed by atoms with E-state index in [-0.39, 0.29) is 12.3 Å². The van der Waals surface area contributed by atoms with Crippen LogP contribution in [0.3, 0.4) is 0 Å². The van der Waals surface area contributed by atoms with Crippen LogP contribution in [0.25, 0.3) is 0 Å². The van der Waals surface area contributed by atoms with E-state index in [1.807, 2.05) is 26.1 Å². The number of hydrogen-bond donors (Lipinski definition) is 2. The molecule has 0 spiro atoms. The number of rotatable bonds is 10. The van der Waals surface area contributed by atoms with E-state index < -0.39 is 6.61 Å². The molecule has 0 bridgehead atoms. The van der Waals surface area contributed by atoms with E-state index in [2.05, 4.69) is 25.3 Å². The van der Waals surface area contributed by atoms with Crippen molar-refractivity contribution in [2.75, 3.05) is 20.2 Å². The van der Waals surface area contributed by atoms with Crippen LogP contribution in [-0.4, -0.2) is 37.8 Å². The van der Waals surface area contributed by atoms with Gasteiger partial charge in [-0.25, -0.2) is 0 Å². The first kappa shape index (κ1) is 22.4. The molecular weight excluding hydrogens is 378 g/mol. The molecule has 0 amide bonds. The van der Waals surface area contributed by atoms with Crippen LogP contribution >= 0.6 is 0 Å². The van der Waals surface area contributed by atoms with Crippen LogP contribution in [0.5, 0.6) is 11.5 Å². The van der Waals surface area contributed by atoms with Crippen molar-refractivity contribution in [2.45, 2.75) is 39.8 Å². The van der Waals surface area contributed by atoms with Crippen molar-refractivity contribution in [1.82, 2.24) is 15.6 Å². The van der Waals surface area contributed by atoms with Gasteiger partial charge in [0.2, 0.25) is 0 Å². The minimum Gasteiger partial charge on any atom is -0.493 e. The Labute approximate surface area is 170 Å². The van der Waals surface area contributed by atoms with E-state index in [0.717, 1.165) is 18.4 Å². The summed E-state index contributed by atoms with van der Waals surface area (Å²) in [4.78, 5) is 8.26. The minimum atomic E-state index is -2.91. The molecule has 0 saturated heterocycles. The third kappa shape index (κ3) is 7.56. The number of benzene rings is 1. The standard InChI is InChI=1S/C21H28F2N4O2/c1-4-11-28-18-6-5-17(19(12-18)29-20(22)23)14-27-21(24-3)26-10-8-16-7-9-25-13-15(16)2/h5-7,9,12-13,20H,4,8,10-11,14H2,1-3H3,(H2,24,26,27). The maximum Gasteiger partial charge on any atom is 0.387 e. The van der Waals surface area contributed by atoms with Gasteiger partial charge in [-0.15, -0.1) is 0 Å². The molecule has 158 valence electrons. The van der Waals surface area contributed by atoms with Crippen molar-refractivity contribution in [3.8, 4) is 11.5 Å². The third-order valence-electron chi connectivity index (χ3n) is 4.22. The lowest BCUT2D eigenvalue weighted by Gasteiger charge is -2.16. The second-order valence-corrected chi connectivity index (χ2v) is 6.40. The van der Waals surface area contributed by atoms with Crippen LogP contribution in [0, 0.1) is 6.92 Å². The molecule has 0 radical (unpaired) electrons. The smallest absolute Gasteiger partial charge is 0.387 e. The molecule has 0 saturated carbocycles. The molecule has 29 heavy (non-hydrogen) atoms. The van der Waals surface area contributed by atoms with Crippen LogP contribution in [0.1, 0.15) is 30.0 Å². The summed E-state index contributed by atoms with van der Waals surface area (Å²) in [6.45, 7) is 2.56. The van der Waals surface area contributed by atoms with Gasteiger partial charge in [0.1, 0.15) is 11.5 Å². The number of guanidine groups is 1. The van der Waals surface area contributed by atoms with E-state index in [9.17, 15) is 8.78 Å². The lowest BCUT2D eigenvalue weighted by molar-refractivity contribution is -0.0505. The number of pyridine rings is 1. The van der Waals surface area contributed by atoms with Crippen LogP contribution in [0.4, 0.5) is 8.78 Å².